The smallest absolute Gasteiger partial charge is 0.439 e. The third kappa shape index (κ3) is 4.58. The van der Waals surface area contributed by atoms with Gasteiger partial charge in [0.15, 0.2) is 0 Å². The topological polar surface area (TPSA) is 114 Å². The molecule has 0 aromatic heterocycles. The van der Waals surface area contributed by atoms with Gasteiger partial charge in [-0.2, -0.15) is 0 Å². The molecule has 3 amide bonds. The highest BCUT2D eigenvalue weighted by Gasteiger charge is 2.47. The molecule has 0 radical (unpaired) electrons. The lowest BCUT2D eigenvalue weighted by molar-refractivity contribution is -0.124. The van der Waals surface area contributed by atoms with E-state index in [2.05, 4.69) is 10.2 Å². The molecular formula is C20H27FN4O5. The minimum absolute atomic E-state index is 0.00600. The Labute approximate surface area is 174 Å². The molecule has 10 heteroatoms. The quantitative estimate of drug-likeness (QED) is 0.651. The van der Waals surface area contributed by atoms with Gasteiger partial charge in [0.25, 0.3) is 0 Å². The van der Waals surface area contributed by atoms with Crippen molar-refractivity contribution in [1.29, 1.82) is 0 Å². The number of alkyl carbamates (subject to hydrolysis) is 1. The van der Waals surface area contributed by atoms with Crippen molar-refractivity contribution in [2.45, 2.75) is 32.4 Å². The minimum atomic E-state index is -1.13. The maximum atomic E-state index is 14.4. The predicted octanol–water partition coefficient (Wildman–Crippen LogP) is 2.13. The standard InChI is InChI=1S/C20H27FN4O5/c1-3-29-19(27)23-10-13-8-9-24(11-13)15-6-4-14(5-7-15)16-17(12(2)18(22)26)30-20(28)25(16)21/h4-7,12-13,16-17H,3,8-11H2,1-2H3,(H2,22,26)(H,23,27). The lowest BCUT2D eigenvalue weighted by Gasteiger charge is -2.23. The highest BCUT2D eigenvalue weighted by molar-refractivity contribution is 5.79. The van der Waals surface area contributed by atoms with Crippen molar-refractivity contribution in [2.24, 2.45) is 17.6 Å². The number of hydrogen-bond donors (Lipinski definition) is 2. The van der Waals surface area contributed by atoms with Crippen molar-refractivity contribution < 1.29 is 28.3 Å². The van der Waals surface area contributed by atoms with Gasteiger partial charge in [0.1, 0.15) is 12.1 Å². The first kappa shape index (κ1) is 21.7. The zero-order chi connectivity index (χ0) is 21.8. The van der Waals surface area contributed by atoms with E-state index in [1.807, 2.05) is 12.1 Å². The summed E-state index contributed by atoms with van der Waals surface area (Å²) in [5.74, 6) is -1.19. The number of nitrogens with two attached hydrogens (primary N) is 1. The maximum absolute atomic E-state index is 14.4. The van der Waals surface area contributed by atoms with Crippen molar-refractivity contribution in [3.63, 3.8) is 0 Å². The normalized spacial score (nSPS) is 24.5. The molecule has 3 rings (SSSR count). The first-order valence-corrected chi connectivity index (χ1v) is 10.0. The fraction of sp³-hybridized carbons (Fsp3) is 0.550. The van der Waals surface area contributed by atoms with E-state index in [-0.39, 0.29) is 5.12 Å². The summed E-state index contributed by atoms with van der Waals surface area (Å²) in [6, 6.07) is 6.10. The van der Waals surface area contributed by atoms with Crippen molar-refractivity contribution >= 4 is 23.8 Å². The van der Waals surface area contributed by atoms with Crippen LogP contribution in [0.2, 0.25) is 0 Å². The SMILES string of the molecule is CCOC(=O)NCC1CCN(c2ccc(C3C(C(C)C(N)=O)OC(=O)N3F)cc2)C1. The van der Waals surface area contributed by atoms with Crippen LogP contribution >= 0.6 is 0 Å². The number of halogens is 1. The van der Waals surface area contributed by atoms with Crippen LogP contribution in [0.3, 0.4) is 0 Å². The van der Waals surface area contributed by atoms with Gasteiger partial charge in [-0.1, -0.05) is 16.6 Å². The van der Waals surface area contributed by atoms with Gasteiger partial charge in [-0.25, -0.2) is 9.59 Å². The summed E-state index contributed by atoms with van der Waals surface area (Å²) in [4.78, 5) is 36.8. The molecule has 2 heterocycles. The number of ether oxygens (including phenoxy) is 2. The molecule has 0 aliphatic carbocycles. The Morgan fingerprint density at radius 1 is 1.37 bits per heavy atom. The summed E-state index contributed by atoms with van der Waals surface area (Å²) in [6.07, 6.45) is -1.60. The number of rotatable bonds is 7. The van der Waals surface area contributed by atoms with E-state index in [1.165, 1.54) is 6.92 Å². The Morgan fingerprint density at radius 3 is 2.70 bits per heavy atom. The van der Waals surface area contributed by atoms with Crippen LogP contribution < -0.4 is 16.0 Å². The molecule has 2 aliphatic rings. The first-order chi connectivity index (χ1) is 14.3. The molecule has 2 saturated heterocycles. The number of cyclic esters (lactones) is 1. The summed E-state index contributed by atoms with van der Waals surface area (Å²) in [5.41, 5.74) is 6.78. The maximum Gasteiger partial charge on any atom is 0.439 e. The number of anilines is 1. The van der Waals surface area contributed by atoms with Crippen LogP contribution in [0, 0.1) is 11.8 Å². The third-order valence-electron chi connectivity index (χ3n) is 5.60. The molecule has 2 aliphatic heterocycles. The Kier molecular flexibility index (Phi) is 6.63. The average molecular weight is 422 g/mol. The van der Waals surface area contributed by atoms with E-state index in [4.69, 9.17) is 15.2 Å². The number of carbonyl (C=O) groups is 3. The van der Waals surface area contributed by atoms with Crippen LogP contribution in [0.15, 0.2) is 24.3 Å². The zero-order valence-corrected chi connectivity index (χ0v) is 17.0. The van der Waals surface area contributed by atoms with Crippen LogP contribution in [0.4, 0.5) is 19.8 Å². The number of nitrogens with zero attached hydrogens (tertiary/aromatic N) is 2. The van der Waals surface area contributed by atoms with E-state index in [1.54, 1.807) is 19.1 Å². The second-order valence-corrected chi connectivity index (χ2v) is 7.59. The largest absolute Gasteiger partial charge is 0.450 e. The second-order valence-electron chi connectivity index (χ2n) is 7.59. The number of primary amides is 1. The van der Waals surface area contributed by atoms with Gasteiger partial charge in [0.05, 0.1) is 12.5 Å². The minimum Gasteiger partial charge on any atom is -0.450 e. The molecule has 1 aromatic rings. The zero-order valence-electron chi connectivity index (χ0n) is 17.0. The van der Waals surface area contributed by atoms with E-state index in [0.29, 0.717) is 24.6 Å². The predicted molar refractivity (Wildman–Crippen MR) is 106 cm³/mol. The molecule has 4 unspecified atom stereocenters. The van der Waals surface area contributed by atoms with E-state index in [9.17, 15) is 18.9 Å². The number of hydrogen-bond acceptors (Lipinski definition) is 6. The molecule has 0 bridgehead atoms. The molecule has 0 saturated carbocycles. The molecule has 1 aromatic carbocycles. The van der Waals surface area contributed by atoms with Crippen molar-refractivity contribution in [1.82, 2.24) is 10.4 Å². The highest BCUT2D eigenvalue weighted by atomic mass is 19.2. The van der Waals surface area contributed by atoms with E-state index >= 15 is 0 Å². The monoisotopic (exact) mass is 422 g/mol. The van der Waals surface area contributed by atoms with Crippen LogP contribution in [0.1, 0.15) is 31.9 Å². The summed E-state index contributed by atoms with van der Waals surface area (Å²) in [5, 5.41) is 2.76. The Morgan fingerprint density at radius 2 is 2.07 bits per heavy atom. The Balaban J connectivity index is 1.64. The third-order valence-corrected chi connectivity index (χ3v) is 5.60. The fourth-order valence-electron chi connectivity index (χ4n) is 3.86. The number of benzene rings is 1. The lowest BCUT2D eigenvalue weighted by Crippen LogP contribution is -2.35. The van der Waals surface area contributed by atoms with Crippen LogP contribution in [-0.2, 0) is 14.3 Å². The van der Waals surface area contributed by atoms with Gasteiger partial charge < -0.3 is 25.4 Å². The van der Waals surface area contributed by atoms with E-state index in [0.717, 1.165) is 25.2 Å². The van der Waals surface area contributed by atoms with Crippen molar-refractivity contribution in [3.05, 3.63) is 29.8 Å². The van der Waals surface area contributed by atoms with Crippen molar-refractivity contribution in [2.75, 3.05) is 31.1 Å². The van der Waals surface area contributed by atoms with Gasteiger partial charge in [-0.3, -0.25) is 4.79 Å². The average Bonchev–Trinajstić information content (AvgIpc) is 3.31. The molecule has 4 atom stereocenters. The fourth-order valence-corrected chi connectivity index (χ4v) is 3.86. The highest BCUT2D eigenvalue weighted by Crippen LogP contribution is 2.38. The van der Waals surface area contributed by atoms with Crippen LogP contribution in [0.5, 0.6) is 0 Å². The summed E-state index contributed by atoms with van der Waals surface area (Å²) >= 11 is 0. The molecule has 9 nitrogen and oxygen atoms in total. The van der Waals surface area contributed by atoms with Gasteiger partial charge in [-0.15, -0.1) is 5.12 Å². The van der Waals surface area contributed by atoms with Crippen LogP contribution in [0.25, 0.3) is 0 Å². The molecule has 0 spiro atoms. The molecule has 30 heavy (non-hydrogen) atoms. The number of amides is 3. The first-order valence-electron chi connectivity index (χ1n) is 10.0. The molecule has 164 valence electrons. The summed E-state index contributed by atoms with van der Waals surface area (Å²) in [6.45, 7) is 5.74. The van der Waals surface area contributed by atoms with Crippen molar-refractivity contribution in [3.8, 4) is 0 Å². The number of carbonyl (C=O) groups excluding carboxylic acids is 3. The lowest BCUT2D eigenvalue weighted by atomic mass is 9.92. The van der Waals surface area contributed by atoms with Gasteiger partial charge >= 0.3 is 12.2 Å². The second kappa shape index (κ2) is 9.19. The van der Waals surface area contributed by atoms with Gasteiger partial charge in [-0.05, 0) is 43.9 Å². The summed E-state index contributed by atoms with van der Waals surface area (Å²) in [7, 11) is 0. The van der Waals surface area contributed by atoms with Gasteiger partial charge in [0, 0.05) is 25.3 Å². The molecule has 2 fully saturated rings. The molecule has 3 N–H and O–H groups in total. The summed E-state index contributed by atoms with van der Waals surface area (Å²) < 4.78 is 24.2. The van der Waals surface area contributed by atoms with E-state index < -0.39 is 36.2 Å². The molecular weight excluding hydrogens is 395 g/mol. The number of nitrogens with one attached hydrogen (secondary N) is 1. The van der Waals surface area contributed by atoms with Crippen LogP contribution in [-0.4, -0.2) is 55.6 Å². The Bertz CT molecular complexity index is 790. The van der Waals surface area contributed by atoms with Gasteiger partial charge in [0.2, 0.25) is 5.91 Å². The Hall–Kier alpha value is -3.04.